The van der Waals surface area contributed by atoms with E-state index in [1.807, 2.05) is 0 Å². The molecule has 0 atom stereocenters. The van der Waals surface area contributed by atoms with E-state index in [1.165, 1.54) is 0 Å². The molecule has 0 bridgehead atoms. The molecular weight excluding hydrogens is 154 g/mol. The summed E-state index contributed by atoms with van der Waals surface area (Å²) < 4.78 is 0. The fourth-order valence-electron chi connectivity index (χ4n) is 0. The molecule has 0 aromatic rings. The largest absolute Gasteiger partial charge is 1.00 e. The van der Waals surface area contributed by atoms with Gasteiger partial charge >= 0.3 is 42.8 Å². The third-order valence-electron chi connectivity index (χ3n) is 0.129. The Bertz CT molecular complexity index is 78.2. The first-order chi connectivity index (χ1) is 4.00. The minimum Gasteiger partial charge on any atom is -1.00 e. The van der Waals surface area contributed by atoms with E-state index in [0.29, 0.717) is 0 Å². The molecule has 0 aromatic heterocycles. The first-order valence-electron chi connectivity index (χ1n) is 1.87. The number of hydrogen-bond donors (Lipinski definition) is 4. The summed E-state index contributed by atoms with van der Waals surface area (Å²) in [7, 11) is -2.17. The summed E-state index contributed by atoms with van der Waals surface area (Å²) in [6, 6.07) is 0. The predicted molar refractivity (Wildman–Crippen MR) is 27.9 cm³/mol. The molecule has 0 unspecified atom stereocenters. The van der Waals surface area contributed by atoms with Gasteiger partial charge in [-0.1, -0.05) is 0 Å². The Balaban J connectivity index is -0.0000000383. The Morgan fingerprint density at radius 2 is 1.60 bits per heavy atom. The van der Waals surface area contributed by atoms with Crippen LogP contribution in [0.4, 0.5) is 0 Å². The van der Waals surface area contributed by atoms with Gasteiger partial charge in [-0.05, 0) is 0 Å². The van der Waals surface area contributed by atoms with Gasteiger partial charge in [0, 0.05) is 6.92 Å². The van der Waals surface area contributed by atoms with Crippen LogP contribution in [-0.4, -0.2) is 33.6 Å². The molecule has 10 heavy (non-hydrogen) atoms. The van der Waals surface area contributed by atoms with Crippen LogP contribution in [0.15, 0.2) is 0 Å². The van der Waals surface area contributed by atoms with Crippen LogP contribution in [0.2, 0.25) is 0 Å². The van der Waals surface area contributed by atoms with Gasteiger partial charge in [0.25, 0.3) is 0 Å². The monoisotopic (exact) mass is 162 g/mol. The van der Waals surface area contributed by atoms with Crippen molar-refractivity contribution < 1.29 is 61.0 Å². The molecule has 4 N–H and O–H groups in total. The molecule has 56 valence electrons. The molecular formula is C2H8BNaO6. The van der Waals surface area contributed by atoms with Crippen LogP contribution in [0, 0.1) is 0 Å². The number of hydrogen-bond acceptors (Lipinski definition) is 6. The van der Waals surface area contributed by atoms with Crippen molar-refractivity contribution in [2.24, 2.45) is 0 Å². The van der Waals surface area contributed by atoms with Crippen molar-refractivity contribution in [1.29, 1.82) is 0 Å². The molecule has 8 heteroatoms. The molecule has 0 rings (SSSR count). The molecule has 0 aliphatic rings. The Morgan fingerprint density at radius 3 is 1.60 bits per heavy atom. The van der Waals surface area contributed by atoms with Crippen LogP contribution >= 0.6 is 0 Å². The number of carbonyl (C=O) groups excluding carboxylic acids is 1. The Morgan fingerprint density at radius 1 is 1.50 bits per heavy atom. The third-order valence-corrected chi connectivity index (χ3v) is 0.129. The number of carbonyl (C=O) groups is 1. The van der Waals surface area contributed by atoms with E-state index in [0.717, 1.165) is 6.92 Å². The van der Waals surface area contributed by atoms with Crippen LogP contribution in [0.5, 0.6) is 0 Å². The maximum Gasteiger partial charge on any atom is 1.00 e. The van der Waals surface area contributed by atoms with Gasteiger partial charge in [0.15, 0.2) is 0 Å². The van der Waals surface area contributed by atoms with Gasteiger partial charge < -0.3 is 21.4 Å². The summed E-state index contributed by atoms with van der Waals surface area (Å²) in [5.41, 5.74) is 0. The predicted octanol–water partition coefficient (Wildman–Crippen LogP) is -4.91. The molecule has 0 saturated heterocycles. The van der Waals surface area contributed by atoms with Crippen LogP contribution in [0.1, 0.15) is 8.35 Å². The Hall–Kier alpha value is 0.375. The van der Waals surface area contributed by atoms with E-state index in [2.05, 4.69) is 4.89 Å². The summed E-state index contributed by atoms with van der Waals surface area (Å²) in [4.78, 5) is 12.5. The van der Waals surface area contributed by atoms with Gasteiger partial charge in [-0.25, -0.2) is 4.79 Å². The van der Waals surface area contributed by atoms with E-state index < -0.39 is 13.3 Å². The molecule has 0 saturated carbocycles. The Kier molecular flexibility index (Phi) is 20.3. The fourth-order valence-corrected chi connectivity index (χ4v) is 0. The third kappa shape index (κ3) is 80.8. The van der Waals surface area contributed by atoms with Gasteiger partial charge in [0.1, 0.15) is 0 Å². The van der Waals surface area contributed by atoms with Crippen molar-refractivity contribution in [1.82, 2.24) is 0 Å². The SMILES string of the molecule is CC(=O)OO.OB(O)O.[H-].[Na+]. The van der Waals surface area contributed by atoms with Crippen LogP contribution in [0.25, 0.3) is 0 Å². The standard InChI is InChI=1S/C2H4O3.BH3O3.Na.H/c1-2(3)5-4;2-1(3)4;;/h4H,1H3;2-4H;;/q;;+1;-1. The normalized spacial score (nSPS) is 6.10. The van der Waals surface area contributed by atoms with Crippen molar-refractivity contribution in [2.75, 3.05) is 0 Å². The zero-order valence-electron chi connectivity index (χ0n) is 6.68. The second kappa shape index (κ2) is 12.1. The molecule has 0 aliphatic carbocycles. The van der Waals surface area contributed by atoms with Crippen LogP contribution in [0.3, 0.4) is 0 Å². The molecule has 6 nitrogen and oxygen atoms in total. The second-order valence-corrected chi connectivity index (χ2v) is 0.929. The first kappa shape index (κ1) is 16.8. The summed E-state index contributed by atoms with van der Waals surface area (Å²) >= 11 is 0. The fraction of sp³-hybridized carbons (Fsp3) is 0.500. The molecule has 0 heterocycles. The zero-order chi connectivity index (χ0) is 7.86. The average molecular weight is 162 g/mol. The van der Waals surface area contributed by atoms with E-state index in [4.69, 9.17) is 20.3 Å². The Labute approximate surface area is 81.3 Å². The molecule has 0 amide bonds. The first-order valence-corrected chi connectivity index (χ1v) is 1.87. The quantitative estimate of drug-likeness (QED) is 0.161. The van der Waals surface area contributed by atoms with Crippen molar-refractivity contribution >= 4 is 13.3 Å². The average Bonchev–Trinajstić information content (AvgIpc) is 1.65. The van der Waals surface area contributed by atoms with Gasteiger partial charge in [-0.15, -0.1) is 0 Å². The summed E-state index contributed by atoms with van der Waals surface area (Å²) in [5.74, 6) is -0.690. The van der Waals surface area contributed by atoms with E-state index in [9.17, 15) is 4.79 Å². The smallest absolute Gasteiger partial charge is 1.00 e. The van der Waals surface area contributed by atoms with Gasteiger partial charge in [-0.3, -0.25) is 0 Å². The van der Waals surface area contributed by atoms with Crippen molar-refractivity contribution in [3.63, 3.8) is 0 Å². The van der Waals surface area contributed by atoms with E-state index in [-0.39, 0.29) is 31.0 Å². The topological polar surface area (TPSA) is 107 Å². The summed E-state index contributed by atoms with van der Waals surface area (Å²) in [6.45, 7) is 1.11. The van der Waals surface area contributed by atoms with Crippen molar-refractivity contribution in [3.8, 4) is 0 Å². The minimum atomic E-state index is -2.17. The van der Waals surface area contributed by atoms with Crippen LogP contribution < -0.4 is 29.6 Å². The van der Waals surface area contributed by atoms with E-state index >= 15 is 0 Å². The molecule has 0 aliphatic heterocycles. The van der Waals surface area contributed by atoms with Crippen molar-refractivity contribution in [3.05, 3.63) is 0 Å². The summed E-state index contributed by atoms with van der Waals surface area (Å²) in [6.07, 6.45) is 0. The number of rotatable bonds is 0. The van der Waals surface area contributed by atoms with E-state index in [1.54, 1.807) is 0 Å². The molecule has 0 fully saturated rings. The zero-order valence-corrected chi connectivity index (χ0v) is 7.68. The van der Waals surface area contributed by atoms with Gasteiger partial charge in [0.2, 0.25) is 0 Å². The van der Waals surface area contributed by atoms with Gasteiger partial charge in [-0.2, -0.15) is 5.26 Å². The maximum atomic E-state index is 9.34. The molecule has 0 spiro atoms. The van der Waals surface area contributed by atoms with Gasteiger partial charge in [0.05, 0.1) is 0 Å². The van der Waals surface area contributed by atoms with Crippen LogP contribution in [-0.2, 0) is 9.68 Å². The molecule has 0 radical (unpaired) electrons. The second-order valence-electron chi connectivity index (χ2n) is 0.929. The summed E-state index contributed by atoms with van der Waals surface area (Å²) in [5, 5.41) is 28.8. The van der Waals surface area contributed by atoms with Crippen molar-refractivity contribution in [2.45, 2.75) is 6.92 Å². The minimum absolute atomic E-state index is 0. The maximum absolute atomic E-state index is 9.34. The molecule has 0 aromatic carbocycles.